The fraction of sp³-hybridized carbons (Fsp3) is 0.438. The topological polar surface area (TPSA) is 83.3 Å². The Balaban J connectivity index is 1.74. The number of aliphatic hydroxyl groups is 1. The molecule has 0 aliphatic carbocycles. The zero-order valence-electron chi connectivity index (χ0n) is 12.9. The number of carbonyl (C=O) groups excluding carboxylic acids is 1. The van der Waals surface area contributed by atoms with Crippen molar-refractivity contribution in [1.29, 1.82) is 0 Å². The zero-order chi connectivity index (χ0) is 16.1. The Hall–Kier alpha value is -2.41. The van der Waals surface area contributed by atoms with Crippen LogP contribution < -0.4 is 5.32 Å². The van der Waals surface area contributed by atoms with E-state index in [2.05, 4.69) is 15.4 Å². The van der Waals surface area contributed by atoms with Gasteiger partial charge < -0.3 is 15.3 Å². The molecule has 7 nitrogen and oxygen atoms in total. The Labute approximate surface area is 134 Å². The summed E-state index contributed by atoms with van der Waals surface area (Å²) in [4.78, 5) is 18.3. The van der Waals surface area contributed by atoms with E-state index in [0.717, 1.165) is 18.4 Å². The number of hydrogen-bond acceptors (Lipinski definition) is 4. The Morgan fingerprint density at radius 2 is 2.22 bits per heavy atom. The number of carbonyl (C=O) groups is 1. The van der Waals surface area contributed by atoms with Crippen LogP contribution in [0.2, 0.25) is 0 Å². The van der Waals surface area contributed by atoms with Gasteiger partial charge in [0.1, 0.15) is 12.7 Å². The molecule has 0 bridgehead atoms. The predicted molar refractivity (Wildman–Crippen MR) is 84.6 cm³/mol. The van der Waals surface area contributed by atoms with Crippen LogP contribution in [0, 0.1) is 0 Å². The van der Waals surface area contributed by atoms with Crippen molar-refractivity contribution in [3.05, 3.63) is 48.5 Å². The van der Waals surface area contributed by atoms with E-state index in [4.69, 9.17) is 0 Å². The minimum Gasteiger partial charge on any atom is -0.394 e. The molecule has 2 heterocycles. The third kappa shape index (κ3) is 3.68. The normalized spacial score (nSPS) is 18.8. The van der Waals surface area contributed by atoms with E-state index >= 15 is 0 Å². The summed E-state index contributed by atoms with van der Waals surface area (Å²) in [5.74, 6) is 0. The van der Waals surface area contributed by atoms with Gasteiger partial charge in [-0.2, -0.15) is 5.10 Å². The quantitative estimate of drug-likeness (QED) is 0.868. The highest BCUT2D eigenvalue weighted by Crippen LogP contribution is 2.19. The first-order valence-corrected chi connectivity index (χ1v) is 7.83. The third-order valence-electron chi connectivity index (χ3n) is 4.18. The van der Waals surface area contributed by atoms with Crippen molar-refractivity contribution in [2.24, 2.45) is 0 Å². The van der Waals surface area contributed by atoms with Crippen LogP contribution in [0.1, 0.15) is 24.4 Å². The van der Waals surface area contributed by atoms with Crippen LogP contribution in [0.3, 0.4) is 0 Å². The monoisotopic (exact) mass is 315 g/mol. The molecule has 0 spiro atoms. The number of likely N-dealkylation sites (tertiary alicyclic amines) is 1. The second-order valence-corrected chi connectivity index (χ2v) is 5.70. The Morgan fingerprint density at radius 3 is 2.91 bits per heavy atom. The summed E-state index contributed by atoms with van der Waals surface area (Å²) < 4.78 is 1.70. The molecule has 1 aliphatic heterocycles. The summed E-state index contributed by atoms with van der Waals surface area (Å²) >= 11 is 0. The standard InChI is InChI=1S/C16H21N5O2/c22-10-14-7-4-8-21(14)16(23)19-15(9-20-12-17-11-18-20)13-5-2-1-3-6-13/h1-3,5-6,11-12,14-15,22H,4,7-10H2,(H,19,23). The Morgan fingerprint density at radius 1 is 1.39 bits per heavy atom. The van der Waals surface area contributed by atoms with Crippen molar-refractivity contribution >= 4 is 6.03 Å². The van der Waals surface area contributed by atoms with Gasteiger partial charge in [-0.1, -0.05) is 30.3 Å². The molecule has 1 aromatic carbocycles. The summed E-state index contributed by atoms with van der Waals surface area (Å²) in [6.07, 6.45) is 4.89. The molecule has 2 unspecified atom stereocenters. The van der Waals surface area contributed by atoms with Gasteiger partial charge in [0.2, 0.25) is 0 Å². The molecule has 23 heavy (non-hydrogen) atoms. The van der Waals surface area contributed by atoms with Gasteiger partial charge in [0.25, 0.3) is 0 Å². The predicted octanol–water partition coefficient (Wildman–Crippen LogP) is 1.19. The van der Waals surface area contributed by atoms with E-state index in [1.807, 2.05) is 30.3 Å². The highest BCUT2D eigenvalue weighted by molar-refractivity contribution is 5.75. The summed E-state index contributed by atoms with van der Waals surface area (Å²) in [6.45, 7) is 1.20. The smallest absolute Gasteiger partial charge is 0.318 e. The number of nitrogens with one attached hydrogen (secondary N) is 1. The molecule has 1 fully saturated rings. The van der Waals surface area contributed by atoms with Gasteiger partial charge in [-0.3, -0.25) is 4.68 Å². The maximum atomic E-state index is 12.6. The van der Waals surface area contributed by atoms with Crippen molar-refractivity contribution in [3.8, 4) is 0 Å². The summed E-state index contributed by atoms with van der Waals surface area (Å²) in [5, 5.41) is 16.6. The van der Waals surface area contributed by atoms with Crippen LogP contribution in [0.5, 0.6) is 0 Å². The number of aromatic nitrogens is 3. The van der Waals surface area contributed by atoms with Crippen LogP contribution in [0.15, 0.2) is 43.0 Å². The number of rotatable bonds is 5. The molecule has 1 aromatic heterocycles. The number of urea groups is 1. The highest BCUT2D eigenvalue weighted by Gasteiger charge is 2.29. The minimum absolute atomic E-state index is 0.00645. The lowest BCUT2D eigenvalue weighted by Crippen LogP contribution is -2.46. The molecule has 0 radical (unpaired) electrons. The fourth-order valence-electron chi connectivity index (χ4n) is 2.96. The maximum absolute atomic E-state index is 12.6. The van der Waals surface area contributed by atoms with E-state index in [-0.39, 0.29) is 24.7 Å². The molecule has 1 aliphatic rings. The van der Waals surface area contributed by atoms with E-state index < -0.39 is 0 Å². The molecule has 0 saturated carbocycles. The molecule has 3 rings (SSSR count). The SMILES string of the molecule is O=C(NC(Cn1cncn1)c1ccccc1)N1CCCC1CO. The van der Waals surface area contributed by atoms with Gasteiger partial charge >= 0.3 is 6.03 Å². The third-order valence-corrected chi connectivity index (χ3v) is 4.18. The second kappa shape index (κ2) is 7.23. The van der Waals surface area contributed by atoms with Crippen molar-refractivity contribution in [2.75, 3.05) is 13.2 Å². The molecular weight excluding hydrogens is 294 g/mol. The molecule has 1 saturated heterocycles. The number of aliphatic hydroxyl groups excluding tert-OH is 1. The molecule has 2 N–H and O–H groups in total. The number of benzene rings is 1. The molecule has 7 heteroatoms. The van der Waals surface area contributed by atoms with Crippen LogP contribution >= 0.6 is 0 Å². The van der Waals surface area contributed by atoms with Crippen molar-refractivity contribution in [3.63, 3.8) is 0 Å². The number of nitrogens with zero attached hydrogens (tertiary/aromatic N) is 4. The first kappa shape index (κ1) is 15.5. The van der Waals surface area contributed by atoms with Gasteiger partial charge in [0.15, 0.2) is 0 Å². The van der Waals surface area contributed by atoms with Crippen LogP contribution in [0.4, 0.5) is 4.79 Å². The first-order valence-electron chi connectivity index (χ1n) is 7.83. The van der Waals surface area contributed by atoms with Gasteiger partial charge in [0, 0.05) is 6.54 Å². The van der Waals surface area contributed by atoms with Gasteiger partial charge in [-0.15, -0.1) is 0 Å². The second-order valence-electron chi connectivity index (χ2n) is 5.70. The summed E-state index contributed by atoms with van der Waals surface area (Å²) in [6, 6.07) is 9.37. The average Bonchev–Trinajstić information content (AvgIpc) is 3.26. The molecule has 2 atom stereocenters. The Bertz CT molecular complexity index is 617. The lowest BCUT2D eigenvalue weighted by Gasteiger charge is -2.27. The van der Waals surface area contributed by atoms with Crippen molar-refractivity contribution < 1.29 is 9.90 Å². The minimum atomic E-state index is -0.203. The van der Waals surface area contributed by atoms with Crippen LogP contribution in [0.25, 0.3) is 0 Å². The van der Waals surface area contributed by atoms with Gasteiger partial charge in [-0.05, 0) is 18.4 Å². The fourth-order valence-corrected chi connectivity index (χ4v) is 2.96. The van der Waals surface area contributed by atoms with E-state index in [1.54, 1.807) is 15.9 Å². The van der Waals surface area contributed by atoms with Gasteiger partial charge in [-0.25, -0.2) is 9.78 Å². The molecule has 2 amide bonds. The summed E-state index contributed by atoms with van der Waals surface area (Å²) in [7, 11) is 0. The highest BCUT2D eigenvalue weighted by atomic mass is 16.3. The molecular formula is C16H21N5O2. The van der Waals surface area contributed by atoms with Crippen molar-refractivity contribution in [1.82, 2.24) is 25.0 Å². The van der Waals surface area contributed by atoms with Crippen molar-refractivity contribution in [2.45, 2.75) is 31.5 Å². The Kier molecular flexibility index (Phi) is 4.87. The van der Waals surface area contributed by atoms with E-state index in [0.29, 0.717) is 13.1 Å². The van der Waals surface area contributed by atoms with E-state index in [1.165, 1.54) is 6.33 Å². The number of hydrogen-bond donors (Lipinski definition) is 2. The largest absolute Gasteiger partial charge is 0.394 e. The van der Waals surface area contributed by atoms with Gasteiger partial charge in [0.05, 0.1) is 25.2 Å². The lowest BCUT2D eigenvalue weighted by molar-refractivity contribution is 0.153. The lowest BCUT2D eigenvalue weighted by atomic mass is 10.1. The maximum Gasteiger partial charge on any atom is 0.318 e. The van der Waals surface area contributed by atoms with Crippen LogP contribution in [-0.2, 0) is 6.54 Å². The first-order chi connectivity index (χ1) is 11.3. The number of amides is 2. The van der Waals surface area contributed by atoms with Crippen LogP contribution in [-0.4, -0.2) is 50.0 Å². The molecule has 122 valence electrons. The average molecular weight is 315 g/mol. The molecule has 2 aromatic rings. The zero-order valence-corrected chi connectivity index (χ0v) is 12.9. The summed E-state index contributed by atoms with van der Waals surface area (Å²) in [5.41, 5.74) is 1.01. The van der Waals surface area contributed by atoms with E-state index in [9.17, 15) is 9.90 Å².